The fraction of sp³-hybridized carbons (Fsp3) is 0.360. The van der Waals surface area contributed by atoms with Crippen LogP contribution in [0.3, 0.4) is 0 Å². The number of nitrogens with one attached hydrogen (secondary N) is 1. The van der Waals surface area contributed by atoms with Crippen molar-refractivity contribution in [1.82, 2.24) is 14.9 Å². The first-order valence-corrected chi connectivity index (χ1v) is 11.0. The Kier molecular flexibility index (Phi) is 5.41. The second-order valence-electron chi connectivity index (χ2n) is 8.56. The Morgan fingerprint density at radius 3 is 2.37 bits per heavy atom. The summed E-state index contributed by atoms with van der Waals surface area (Å²) in [4.78, 5) is 6.94. The molecule has 1 aromatic carbocycles. The number of aryl methyl sites for hydroxylation is 3. The van der Waals surface area contributed by atoms with Gasteiger partial charge in [0.15, 0.2) is 5.11 Å². The molecule has 0 bridgehead atoms. The van der Waals surface area contributed by atoms with E-state index < -0.39 is 0 Å². The third-order valence-corrected chi connectivity index (χ3v) is 6.54. The number of hydrogen-bond acceptors (Lipinski definition) is 2. The molecule has 0 spiro atoms. The maximum atomic E-state index is 5.87. The van der Waals surface area contributed by atoms with Gasteiger partial charge in [-0.1, -0.05) is 12.1 Å². The number of aromatic nitrogens is 2. The topological polar surface area (TPSA) is 33.1 Å². The van der Waals surface area contributed by atoms with E-state index in [-0.39, 0.29) is 12.1 Å². The van der Waals surface area contributed by atoms with Gasteiger partial charge in [-0.3, -0.25) is 4.98 Å². The van der Waals surface area contributed by atoms with Crippen molar-refractivity contribution >= 4 is 23.0 Å². The molecular weight excluding hydrogens is 388 g/mol. The van der Waals surface area contributed by atoms with Gasteiger partial charge >= 0.3 is 0 Å². The summed E-state index contributed by atoms with van der Waals surface area (Å²) >= 11 is 5.87. The Bertz CT molecular complexity index is 1080. The summed E-state index contributed by atoms with van der Waals surface area (Å²) in [6, 6.07) is 15.4. The predicted octanol–water partition coefficient (Wildman–Crippen LogP) is 5.87. The lowest BCUT2D eigenvalue weighted by Crippen LogP contribution is -2.29. The zero-order valence-electron chi connectivity index (χ0n) is 18.6. The van der Waals surface area contributed by atoms with Crippen LogP contribution in [-0.4, -0.2) is 14.7 Å². The van der Waals surface area contributed by atoms with E-state index in [4.69, 9.17) is 12.2 Å². The van der Waals surface area contributed by atoms with Crippen molar-refractivity contribution in [3.63, 3.8) is 0 Å². The van der Waals surface area contributed by atoms with E-state index in [1.165, 1.54) is 28.1 Å². The lowest BCUT2D eigenvalue weighted by Gasteiger charge is -2.29. The molecule has 0 radical (unpaired) electrons. The number of hydrogen-bond donors (Lipinski definition) is 1. The highest BCUT2D eigenvalue weighted by molar-refractivity contribution is 7.80. The van der Waals surface area contributed by atoms with Crippen molar-refractivity contribution in [2.24, 2.45) is 0 Å². The molecule has 1 fully saturated rings. The normalized spacial score (nSPS) is 18.9. The number of thiocarbonyl (C=S) groups is 1. The minimum absolute atomic E-state index is 0.0126. The summed E-state index contributed by atoms with van der Waals surface area (Å²) in [7, 11) is 0. The van der Waals surface area contributed by atoms with Gasteiger partial charge in [-0.15, -0.1) is 0 Å². The maximum absolute atomic E-state index is 5.87. The Morgan fingerprint density at radius 2 is 1.77 bits per heavy atom. The van der Waals surface area contributed by atoms with Crippen molar-refractivity contribution < 1.29 is 0 Å². The zero-order chi connectivity index (χ0) is 21.6. The summed E-state index contributed by atoms with van der Waals surface area (Å²) in [5.41, 5.74) is 8.53. The third-order valence-electron chi connectivity index (χ3n) is 6.23. The molecule has 2 aromatic heterocycles. The SMILES string of the molecule is Cc1ccc(N2C(=S)NC(c3ccccn3)C2c2cc(C)n(C(C)C)c2C)cc1C. The Labute approximate surface area is 184 Å². The highest BCUT2D eigenvalue weighted by atomic mass is 32.1. The molecule has 3 heterocycles. The minimum atomic E-state index is -0.0126. The Hall–Kier alpha value is -2.66. The quantitative estimate of drug-likeness (QED) is 0.537. The summed E-state index contributed by atoms with van der Waals surface area (Å²) in [5, 5.41) is 4.32. The molecule has 1 aliphatic rings. The molecule has 30 heavy (non-hydrogen) atoms. The van der Waals surface area contributed by atoms with Crippen molar-refractivity contribution in [3.8, 4) is 0 Å². The summed E-state index contributed by atoms with van der Waals surface area (Å²) in [6.07, 6.45) is 1.85. The van der Waals surface area contributed by atoms with Crippen LogP contribution >= 0.6 is 12.2 Å². The molecule has 0 saturated carbocycles. The number of benzene rings is 1. The average Bonchev–Trinajstić information content (AvgIpc) is 3.20. The predicted molar refractivity (Wildman–Crippen MR) is 128 cm³/mol. The van der Waals surface area contributed by atoms with Gasteiger partial charge in [0.2, 0.25) is 0 Å². The standard InChI is InChI=1S/C25H30N4S/c1-15(2)28-18(5)14-21(19(28)6)24-23(22-9-7-8-12-26-22)27-25(30)29(24)20-11-10-16(3)17(4)13-20/h7-15,23-24H,1-6H3,(H,27,30). The van der Waals surface area contributed by atoms with Gasteiger partial charge in [0.25, 0.3) is 0 Å². The van der Waals surface area contributed by atoms with Gasteiger partial charge < -0.3 is 14.8 Å². The van der Waals surface area contributed by atoms with Crippen LogP contribution in [0.5, 0.6) is 0 Å². The minimum Gasteiger partial charge on any atom is -0.351 e. The number of pyridine rings is 1. The average molecular weight is 419 g/mol. The molecule has 0 aliphatic carbocycles. The van der Waals surface area contributed by atoms with Crippen LogP contribution in [0.4, 0.5) is 5.69 Å². The monoisotopic (exact) mass is 418 g/mol. The summed E-state index contributed by atoms with van der Waals surface area (Å²) < 4.78 is 2.41. The number of anilines is 1. The molecule has 1 aliphatic heterocycles. The molecule has 0 amide bonds. The van der Waals surface area contributed by atoms with Crippen molar-refractivity contribution in [2.45, 2.75) is 59.7 Å². The van der Waals surface area contributed by atoms with E-state index in [9.17, 15) is 0 Å². The van der Waals surface area contributed by atoms with Crippen LogP contribution in [0.1, 0.15) is 65.7 Å². The smallest absolute Gasteiger partial charge is 0.174 e. The molecule has 1 N–H and O–H groups in total. The second-order valence-corrected chi connectivity index (χ2v) is 8.94. The van der Waals surface area contributed by atoms with Gasteiger partial charge in [0, 0.05) is 29.3 Å². The second kappa shape index (κ2) is 7.88. The summed E-state index contributed by atoms with van der Waals surface area (Å²) in [5.74, 6) is 0. The fourth-order valence-corrected chi connectivity index (χ4v) is 5.07. The van der Waals surface area contributed by atoms with E-state index in [0.717, 1.165) is 16.5 Å². The third kappa shape index (κ3) is 3.41. The molecule has 4 nitrogen and oxygen atoms in total. The van der Waals surface area contributed by atoms with E-state index in [1.54, 1.807) is 0 Å². The van der Waals surface area contributed by atoms with Gasteiger partial charge in [-0.25, -0.2) is 0 Å². The summed E-state index contributed by atoms with van der Waals surface area (Å²) in [6.45, 7) is 13.2. The van der Waals surface area contributed by atoms with Crippen molar-refractivity contribution in [2.75, 3.05) is 4.90 Å². The first-order chi connectivity index (χ1) is 14.3. The largest absolute Gasteiger partial charge is 0.351 e. The molecule has 156 valence electrons. The number of rotatable bonds is 4. The number of nitrogens with zero attached hydrogens (tertiary/aromatic N) is 3. The lowest BCUT2D eigenvalue weighted by molar-refractivity contribution is 0.547. The van der Waals surface area contributed by atoms with Gasteiger partial charge in [-0.05, 0) is 101 Å². The molecule has 2 unspecified atom stereocenters. The molecule has 1 saturated heterocycles. The highest BCUT2D eigenvalue weighted by Gasteiger charge is 2.42. The first-order valence-electron chi connectivity index (χ1n) is 10.6. The molecular formula is C25H30N4S. The van der Waals surface area contributed by atoms with Crippen LogP contribution in [-0.2, 0) is 0 Å². The first kappa shape index (κ1) is 20.6. The lowest BCUT2D eigenvalue weighted by atomic mass is 9.96. The van der Waals surface area contributed by atoms with Gasteiger partial charge in [0.05, 0.1) is 17.8 Å². The fourth-order valence-electron chi connectivity index (χ4n) is 4.72. The van der Waals surface area contributed by atoms with E-state index >= 15 is 0 Å². The van der Waals surface area contributed by atoms with Gasteiger partial charge in [-0.2, -0.15) is 0 Å². The van der Waals surface area contributed by atoms with Crippen LogP contribution in [0.15, 0.2) is 48.7 Å². The molecule has 4 rings (SSSR count). The van der Waals surface area contributed by atoms with Crippen molar-refractivity contribution in [3.05, 3.63) is 82.4 Å². The van der Waals surface area contributed by atoms with E-state index in [2.05, 4.69) is 91.6 Å². The maximum Gasteiger partial charge on any atom is 0.174 e. The highest BCUT2D eigenvalue weighted by Crippen LogP contribution is 2.43. The van der Waals surface area contributed by atoms with Crippen LogP contribution in [0, 0.1) is 27.7 Å². The van der Waals surface area contributed by atoms with Crippen LogP contribution < -0.4 is 10.2 Å². The van der Waals surface area contributed by atoms with Crippen LogP contribution in [0.2, 0.25) is 0 Å². The van der Waals surface area contributed by atoms with E-state index in [0.29, 0.717) is 6.04 Å². The van der Waals surface area contributed by atoms with Crippen LogP contribution in [0.25, 0.3) is 0 Å². The Morgan fingerprint density at radius 1 is 1.00 bits per heavy atom. The zero-order valence-corrected chi connectivity index (χ0v) is 19.4. The molecule has 3 aromatic rings. The molecule has 2 atom stereocenters. The molecule has 5 heteroatoms. The van der Waals surface area contributed by atoms with E-state index in [1.807, 2.05) is 18.3 Å². The van der Waals surface area contributed by atoms with Gasteiger partial charge in [0.1, 0.15) is 0 Å². The Balaban J connectivity index is 1.90. The van der Waals surface area contributed by atoms with Crippen molar-refractivity contribution in [1.29, 1.82) is 0 Å².